The van der Waals surface area contributed by atoms with Crippen LogP contribution in [-0.2, 0) is 0 Å². The van der Waals surface area contributed by atoms with Gasteiger partial charge in [0, 0.05) is 43.5 Å². The van der Waals surface area contributed by atoms with Crippen LogP contribution in [0, 0.1) is 5.82 Å². The molecule has 0 amide bonds. The highest BCUT2D eigenvalue weighted by Crippen LogP contribution is 2.29. The summed E-state index contributed by atoms with van der Waals surface area (Å²) in [7, 11) is 0. The molecule has 1 aliphatic heterocycles. The highest BCUT2D eigenvalue weighted by molar-refractivity contribution is 5.55. The van der Waals surface area contributed by atoms with Crippen LogP contribution < -0.4 is 4.90 Å². The number of rotatable bonds is 4. The monoisotopic (exact) mass is 280 g/mol. The van der Waals surface area contributed by atoms with Crippen molar-refractivity contribution < 1.29 is 9.50 Å². The number of hydrogen-bond acceptors (Lipinski definition) is 3. The van der Waals surface area contributed by atoms with Crippen molar-refractivity contribution in [1.82, 2.24) is 4.90 Å². The summed E-state index contributed by atoms with van der Waals surface area (Å²) in [6.07, 6.45) is 0.373. The van der Waals surface area contributed by atoms with E-state index >= 15 is 0 Å². The molecule has 3 nitrogen and oxygen atoms in total. The minimum Gasteiger partial charge on any atom is -0.389 e. The lowest BCUT2D eigenvalue weighted by molar-refractivity contribution is 0.187. The van der Waals surface area contributed by atoms with Gasteiger partial charge in [-0.3, -0.25) is 4.90 Å². The van der Waals surface area contributed by atoms with Gasteiger partial charge in [0.2, 0.25) is 0 Å². The molecule has 0 bridgehead atoms. The van der Waals surface area contributed by atoms with Crippen LogP contribution in [0.1, 0.15) is 38.9 Å². The van der Waals surface area contributed by atoms with Crippen molar-refractivity contribution >= 4 is 5.69 Å². The van der Waals surface area contributed by atoms with Crippen molar-refractivity contribution in [1.29, 1.82) is 0 Å². The van der Waals surface area contributed by atoms with Gasteiger partial charge in [-0.15, -0.1) is 0 Å². The van der Waals surface area contributed by atoms with Crippen molar-refractivity contribution in [3.05, 3.63) is 29.6 Å². The number of aliphatic hydroxyl groups excluding tert-OH is 1. The van der Waals surface area contributed by atoms with Crippen molar-refractivity contribution in [3.8, 4) is 0 Å². The lowest BCUT2D eigenvalue weighted by Crippen LogP contribution is -2.49. The topological polar surface area (TPSA) is 26.7 Å². The number of aliphatic hydroxyl groups is 1. The summed E-state index contributed by atoms with van der Waals surface area (Å²) in [5, 5.41) is 9.82. The van der Waals surface area contributed by atoms with Crippen LogP contribution in [0.3, 0.4) is 0 Å². The summed E-state index contributed by atoms with van der Waals surface area (Å²) in [5.74, 6) is -0.318. The maximum absolute atomic E-state index is 13.9. The summed E-state index contributed by atoms with van der Waals surface area (Å²) >= 11 is 0. The van der Waals surface area contributed by atoms with E-state index in [1.807, 2.05) is 6.07 Å². The molecule has 0 spiro atoms. The molecule has 1 aromatic rings. The molecule has 0 saturated carbocycles. The van der Waals surface area contributed by atoms with Crippen LogP contribution in [0.25, 0.3) is 0 Å². The first kappa shape index (κ1) is 15.3. The van der Waals surface area contributed by atoms with E-state index < -0.39 is 6.10 Å². The Bertz CT molecular complexity index is 442. The van der Waals surface area contributed by atoms with E-state index in [9.17, 15) is 9.50 Å². The molecule has 1 aliphatic rings. The van der Waals surface area contributed by atoms with Crippen LogP contribution in [0.4, 0.5) is 10.1 Å². The first-order valence-corrected chi connectivity index (χ1v) is 7.50. The Kier molecular flexibility index (Phi) is 5.00. The number of halogens is 1. The largest absolute Gasteiger partial charge is 0.389 e. The molecular formula is C16H25FN2O. The Morgan fingerprint density at radius 3 is 2.40 bits per heavy atom. The van der Waals surface area contributed by atoms with Crippen LogP contribution >= 0.6 is 0 Å². The van der Waals surface area contributed by atoms with Crippen LogP contribution in [0.5, 0.6) is 0 Å². The summed E-state index contributed by atoms with van der Waals surface area (Å²) in [6.45, 7) is 9.82. The Labute approximate surface area is 121 Å². The van der Waals surface area contributed by atoms with Gasteiger partial charge in [0.15, 0.2) is 0 Å². The first-order valence-electron chi connectivity index (χ1n) is 7.50. The number of benzene rings is 1. The second-order valence-electron chi connectivity index (χ2n) is 5.63. The predicted molar refractivity (Wildman–Crippen MR) is 80.6 cm³/mol. The van der Waals surface area contributed by atoms with Gasteiger partial charge in [0.1, 0.15) is 5.82 Å². The quantitative estimate of drug-likeness (QED) is 0.918. The minimum atomic E-state index is -0.779. The van der Waals surface area contributed by atoms with Gasteiger partial charge in [-0.25, -0.2) is 4.39 Å². The van der Waals surface area contributed by atoms with Gasteiger partial charge in [-0.1, -0.05) is 13.0 Å². The zero-order valence-corrected chi connectivity index (χ0v) is 12.6. The third kappa shape index (κ3) is 3.13. The Morgan fingerprint density at radius 2 is 1.85 bits per heavy atom. The third-order valence-electron chi connectivity index (χ3n) is 4.32. The van der Waals surface area contributed by atoms with E-state index in [-0.39, 0.29) is 5.82 Å². The fourth-order valence-corrected chi connectivity index (χ4v) is 2.88. The van der Waals surface area contributed by atoms with Crippen LogP contribution in [0.15, 0.2) is 18.2 Å². The molecule has 2 unspecified atom stereocenters. The van der Waals surface area contributed by atoms with E-state index in [2.05, 4.69) is 23.6 Å². The van der Waals surface area contributed by atoms with Gasteiger partial charge in [0.05, 0.1) is 6.10 Å². The molecule has 112 valence electrons. The molecule has 2 atom stereocenters. The van der Waals surface area contributed by atoms with E-state index in [0.717, 1.165) is 38.3 Å². The molecular weight excluding hydrogens is 255 g/mol. The second kappa shape index (κ2) is 6.55. The minimum absolute atomic E-state index is 0.318. The van der Waals surface area contributed by atoms with Gasteiger partial charge >= 0.3 is 0 Å². The van der Waals surface area contributed by atoms with E-state index in [4.69, 9.17) is 0 Å². The summed E-state index contributed by atoms with van der Waals surface area (Å²) < 4.78 is 13.9. The number of anilines is 1. The summed E-state index contributed by atoms with van der Waals surface area (Å²) in [6, 6.07) is 5.64. The van der Waals surface area contributed by atoms with Gasteiger partial charge in [-0.05, 0) is 32.4 Å². The fraction of sp³-hybridized carbons (Fsp3) is 0.625. The zero-order chi connectivity index (χ0) is 14.7. The molecule has 1 saturated heterocycles. The van der Waals surface area contributed by atoms with Crippen LogP contribution in [0.2, 0.25) is 0 Å². The summed E-state index contributed by atoms with van der Waals surface area (Å²) in [4.78, 5) is 4.65. The van der Waals surface area contributed by atoms with Crippen molar-refractivity contribution in [2.75, 3.05) is 31.1 Å². The molecule has 0 aliphatic carbocycles. The Morgan fingerprint density at radius 1 is 1.20 bits per heavy atom. The third-order valence-corrected chi connectivity index (χ3v) is 4.32. The molecule has 0 aromatic heterocycles. The number of hydrogen-bond donors (Lipinski definition) is 1. The van der Waals surface area contributed by atoms with Gasteiger partial charge in [0.25, 0.3) is 0 Å². The normalized spacial score (nSPS) is 19.9. The molecule has 1 aromatic carbocycles. The van der Waals surface area contributed by atoms with Gasteiger partial charge < -0.3 is 10.0 Å². The van der Waals surface area contributed by atoms with E-state index in [0.29, 0.717) is 11.6 Å². The van der Waals surface area contributed by atoms with E-state index in [1.165, 1.54) is 6.07 Å². The molecule has 4 heteroatoms. The van der Waals surface area contributed by atoms with Crippen molar-refractivity contribution in [2.24, 2.45) is 0 Å². The smallest absolute Gasteiger partial charge is 0.131 e. The zero-order valence-electron chi connectivity index (χ0n) is 12.6. The molecule has 0 radical (unpaired) electrons. The Hall–Kier alpha value is -1.13. The molecule has 1 fully saturated rings. The SMILES string of the molecule is CCC(C)N1CCN(c2cccc(F)c2C(C)O)CC1. The maximum Gasteiger partial charge on any atom is 0.131 e. The standard InChI is InChI=1S/C16H25FN2O/c1-4-12(2)18-8-10-19(11-9-18)15-7-5-6-14(17)16(15)13(3)20/h5-7,12-13,20H,4,8-11H2,1-3H3. The second-order valence-corrected chi connectivity index (χ2v) is 5.63. The van der Waals surface area contributed by atoms with E-state index in [1.54, 1.807) is 13.0 Å². The lowest BCUT2D eigenvalue weighted by atomic mass is 10.1. The fourth-order valence-electron chi connectivity index (χ4n) is 2.88. The Balaban J connectivity index is 2.13. The molecule has 1 heterocycles. The number of piperazine rings is 1. The highest BCUT2D eigenvalue weighted by Gasteiger charge is 2.24. The molecule has 1 N–H and O–H groups in total. The molecule has 20 heavy (non-hydrogen) atoms. The highest BCUT2D eigenvalue weighted by atomic mass is 19.1. The van der Waals surface area contributed by atoms with Crippen molar-refractivity contribution in [2.45, 2.75) is 39.3 Å². The summed E-state index contributed by atoms with van der Waals surface area (Å²) in [5.41, 5.74) is 1.26. The average molecular weight is 280 g/mol. The van der Waals surface area contributed by atoms with Crippen molar-refractivity contribution in [3.63, 3.8) is 0 Å². The predicted octanol–water partition coefficient (Wildman–Crippen LogP) is 2.80. The molecule has 2 rings (SSSR count). The lowest BCUT2D eigenvalue weighted by Gasteiger charge is -2.39. The average Bonchev–Trinajstić information content (AvgIpc) is 2.46. The first-order chi connectivity index (χ1) is 9.54. The van der Waals surface area contributed by atoms with Gasteiger partial charge in [-0.2, -0.15) is 0 Å². The number of nitrogens with zero attached hydrogens (tertiary/aromatic N) is 2. The van der Waals surface area contributed by atoms with Crippen LogP contribution in [-0.4, -0.2) is 42.2 Å². The maximum atomic E-state index is 13.9.